The molecule has 3 heterocycles. The van der Waals surface area contributed by atoms with Gasteiger partial charge in [-0.25, -0.2) is 9.67 Å². The lowest BCUT2D eigenvalue weighted by molar-refractivity contribution is -0.113. The van der Waals surface area contributed by atoms with E-state index in [-0.39, 0.29) is 17.2 Å². The van der Waals surface area contributed by atoms with Crippen LogP contribution in [0.3, 0.4) is 0 Å². The molecule has 0 radical (unpaired) electrons. The van der Waals surface area contributed by atoms with E-state index in [0.717, 1.165) is 4.34 Å². The Morgan fingerprint density at radius 2 is 2.23 bits per heavy atom. The quantitative estimate of drug-likeness (QED) is 0.502. The van der Waals surface area contributed by atoms with Gasteiger partial charge in [-0.15, -0.1) is 10.2 Å². The third kappa shape index (κ3) is 3.21. The minimum Gasteiger partial charge on any atom is -0.323 e. The summed E-state index contributed by atoms with van der Waals surface area (Å²) >= 11 is 2.70. The molecule has 0 fully saturated rings. The number of carbonyl (C=O) groups excluding carboxylic acids is 1. The molecule has 0 saturated carbocycles. The molecule has 0 bridgehead atoms. The fourth-order valence-electron chi connectivity index (χ4n) is 2.34. The lowest BCUT2D eigenvalue weighted by Gasteiger charge is -2.11. The summed E-state index contributed by atoms with van der Waals surface area (Å²) in [5.74, 6) is 0.0290. The Kier molecular flexibility index (Phi) is 4.46. The van der Waals surface area contributed by atoms with Crippen molar-refractivity contribution in [3.63, 3.8) is 0 Å². The van der Waals surface area contributed by atoms with Crippen molar-refractivity contribution in [2.24, 2.45) is 0 Å². The second-order valence-electron chi connectivity index (χ2n) is 5.08. The van der Waals surface area contributed by atoms with Crippen molar-refractivity contribution in [2.45, 2.75) is 4.34 Å². The molecule has 4 rings (SSSR count). The number of hydrogen-bond donors (Lipinski definition) is 2. The lowest BCUT2D eigenvalue weighted by atomic mass is 10.2. The zero-order valence-electron chi connectivity index (χ0n) is 13.1. The normalized spacial score (nSPS) is 10.9. The number of aromatic nitrogens is 6. The molecule has 0 spiro atoms. The Morgan fingerprint density at radius 1 is 1.35 bits per heavy atom. The van der Waals surface area contributed by atoms with Crippen LogP contribution in [0.25, 0.3) is 16.7 Å². The van der Waals surface area contributed by atoms with Gasteiger partial charge in [-0.2, -0.15) is 5.10 Å². The number of anilines is 1. The first-order valence-corrected chi connectivity index (χ1v) is 9.28. The second-order valence-corrected chi connectivity index (χ2v) is 7.14. The summed E-state index contributed by atoms with van der Waals surface area (Å²) < 4.78 is 2.26. The Morgan fingerprint density at radius 3 is 3.08 bits per heavy atom. The molecule has 1 amide bonds. The SMILES string of the molecule is O=C(CSc1nncs1)Nc1ccccc1-n1ncc2c(=O)[nH]cnc21. The van der Waals surface area contributed by atoms with Crippen LogP contribution in [0.1, 0.15) is 0 Å². The third-order valence-electron chi connectivity index (χ3n) is 3.44. The van der Waals surface area contributed by atoms with Crippen LogP contribution in [-0.2, 0) is 4.79 Å². The number of hydrogen-bond acceptors (Lipinski definition) is 8. The summed E-state index contributed by atoms with van der Waals surface area (Å²) in [7, 11) is 0. The number of thioether (sulfide) groups is 1. The first-order valence-electron chi connectivity index (χ1n) is 7.42. The van der Waals surface area contributed by atoms with Crippen LogP contribution < -0.4 is 10.9 Å². The van der Waals surface area contributed by atoms with Crippen LogP contribution in [0.4, 0.5) is 5.69 Å². The van der Waals surface area contributed by atoms with Gasteiger partial charge in [0, 0.05) is 0 Å². The van der Waals surface area contributed by atoms with E-state index in [9.17, 15) is 9.59 Å². The lowest BCUT2D eigenvalue weighted by Crippen LogP contribution is -2.16. The predicted octanol–water partition coefficient (Wildman–Crippen LogP) is 1.69. The molecule has 0 aliphatic heterocycles. The summed E-state index contributed by atoms with van der Waals surface area (Å²) in [5.41, 5.74) is 2.96. The highest BCUT2D eigenvalue weighted by atomic mass is 32.2. The van der Waals surface area contributed by atoms with E-state index >= 15 is 0 Å². The smallest absolute Gasteiger partial charge is 0.261 e. The third-order valence-corrected chi connectivity index (χ3v) is 5.30. The van der Waals surface area contributed by atoms with Crippen molar-refractivity contribution < 1.29 is 4.79 Å². The van der Waals surface area contributed by atoms with Gasteiger partial charge in [0.15, 0.2) is 9.99 Å². The average Bonchev–Trinajstić information content (AvgIpc) is 3.31. The van der Waals surface area contributed by atoms with Gasteiger partial charge in [0.05, 0.1) is 29.7 Å². The van der Waals surface area contributed by atoms with E-state index in [1.54, 1.807) is 17.6 Å². The predicted molar refractivity (Wildman–Crippen MR) is 98.7 cm³/mol. The van der Waals surface area contributed by atoms with Crippen molar-refractivity contribution in [1.29, 1.82) is 0 Å². The van der Waals surface area contributed by atoms with Crippen LogP contribution in [0.2, 0.25) is 0 Å². The Balaban J connectivity index is 1.61. The van der Waals surface area contributed by atoms with Gasteiger partial charge in [-0.05, 0) is 12.1 Å². The number of H-pyrrole nitrogens is 1. The number of aromatic amines is 1. The van der Waals surface area contributed by atoms with Crippen molar-refractivity contribution in [2.75, 3.05) is 11.1 Å². The summed E-state index contributed by atoms with van der Waals surface area (Å²) in [6, 6.07) is 7.19. The summed E-state index contributed by atoms with van der Waals surface area (Å²) in [4.78, 5) is 30.8. The van der Waals surface area contributed by atoms with Gasteiger partial charge in [0.2, 0.25) is 5.91 Å². The van der Waals surface area contributed by atoms with Gasteiger partial charge < -0.3 is 10.3 Å². The minimum absolute atomic E-state index is 0.181. The molecule has 0 aliphatic rings. The maximum absolute atomic E-state index is 12.3. The topological polar surface area (TPSA) is 118 Å². The van der Waals surface area contributed by atoms with Gasteiger partial charge in [-0.1, -0.05) is 35.2 Å². The van der Waals surface area contributed by atoms with Crippen molar-refractivity contribution >= 4 is 45.7 Å². The molecule has 26 heavy (non-hydrogen) atoms. The molecule has 3 aromatic heterocycles. The highest BCUT2D eigenvalue weighted by Crippen LogP contribution is 2.23. The fraction of sp³-hybridized carbons (Fsp3) is 0.0667. The molecule has 0 aliphatic carbocycles. The van der Waals surface area contributed by atoms with E-state index < -0.39 is 0 Å². The second kappa shape index (κ2) is 7.06. The van der Waals surface area contributed by atoms with E-state index in [2.05, 4.69) is 30.6 Å². The number of benzene rings is 1. The number of nitrogens with one attached hydrogen (secondary N) is 2. The van der Waals surface area contributed by atoms with Gasteiger partial charge in [0.25, 0.3) is 5.56 Å². The van der Waals surface area contributed by atoms with Crippen LogP contribution in [0, 0.1) is 0 Å². The Hall–Kier alpha value is -3.05. The number of rotatable bonds is 5. The monoisotopic (exact) mass is 385 g/mol. The van der Waals surface area contributed by atoms with Crippen molar-refractivity contribution in [3.8, 4) is 5.69 Å². The first kappa shape index (κ1) is 16.4. The van der Waals surface area contributed by atoms with Crippen molar-refractivity contribution in [1.82, 2.24) is 29.9 Å². The van der Waals surface area contributed by atoms with Gasteiger partial charge in [-0.3, -0.25) is 9.59 Å². The van der Waals surface area contributed by atoms with E-state index in [1.165, 1.54) is 40.3 Å². The van der Waals surface area contributed by atoms with E-state index in [4.69, 9.17) is 0 Å². The highest BCUT2D eigenvalue weighted by Gasteiger charge is 2.14. The Labute approximate surface area is 154 Å². The maximum atomic E-state index is 12.3. The molecular formula is C15H11N7O2S2. The fourth-order valence-corrected chi connectivity index (χ4v) is 3.62. The largest absolute Gasteiger partial charge is 0.323 e. The number of para-hydroxylation sites is 2. The molecule has 1 aromatic carbocycles. The van der Waals surface area contributed by atoms with Crippen LogP contribution in [-0.4, -0.2) is 41.6 Å². The average molecular weight is 385 g/mol. The zero-order valence-corrected chi connectivity index (χ0v) is 14.8. The Bertz CT molecular complexity index is 1120. The standard InChI is InChI=1S/C15H11N7O2S2/c23-12(6-25-15-21-18-8-26-15)20-10-3-1-2-4-11(10)22-13-9(5-19-22)14(24)17-7-16-13/h1-5,7-8H,6H2,(H,20,23)(H,16,17,24). The molecular weight excluding hydrogens is 374 g/mol. The van der Waals surface area contributed by atoms with Crippen LogP contribution in [0.5, 0.6) is 0 Å². The number of nitrogens with zero attached hydrogens (tertiary/aromatic N) is 5. The highest BCUT2D eigenvalue weighted by molar-refractivity contribution is 8.01. The first-order chi connectivity index (χ1) is 12.7. The van der Waals surface area contributed by atoms with Gasteiger partial charge >= 0.3 is 0 Å². The number of carbonyl (C=O) groups is 1. The summed E-state index contributed by atoms with van der Waals surface area (Å²) in [6.45, 7) is 0. The maximum Gasteiger partial charge on any atom is 0.261 e. The molecule has 9 nitrogen and oxygen atoms in total. The molecule has 0 unspecified atom stereocenters. The van der Waals surface area contributed by atoms with Crippen LogP contribution >= 0.6 is 23.1 Å². The minimum atomic E-state index is -0.267. The molecule has 0 saturated heterocycles. The van der Waals surface area contributed by atoms with Gasteiger partial charge in [0.1, 0.15) is 10.9 Å². The van der Waals surface area contributed by atoms with Crippen molar-refractivity contribution in [3.05, 3.63) is 52.7 Å². The number of fused-ring (bicyclic) bond motifs is 1. The van der Waals surface area contributed by atoms with Crippen LogP contribution in [0.15, 0.2) is 51.4 Å². The summed E-state index contributed by atoms with van der Waals surface area (Å²) in [6.07, 6.45) is 2.77. The molecule has 11 heteroatoms. The molecule has 4 aromatic rings. The molecule has 2 N–H and O–H groups in total. The zero-order chi connectivity index (χ0) is 17.9. The summed E-state index contributed by atoms with van der Waals surface area (Å²) in [5, 5.41) is 15.1. The van der Waals surface area contributed by atoms with E-state index in [0.29, 0.717) is 22.4 Å². The molecule has 130 valence electrons. The number of amides is 1. The van der Waals surface area contributed by atoms with E-state index in [1.807, 2.05) is 12.1 Å². The molecule has 0 atom stereocenters.